The van der Waals surface area contributed by atoms with Gasteiger partial charge < -0.3 is 15.7 Å². The number of nitrogens with one attached hydrogen (secondary N) is 2. The highest BCUT2D eigenvalue weighted by Crippen LogP contribution is 2.18. The van der Waals surface area contributed by atoms with Crippen molar-refractivity contribution in [3.05, 3.63) is 35.4 Å². The maximum atomic E-state index is 11.9. The molecular formula is C17H26N2O2. The highest BCUT2D eigenvalue weighted by atomic mass is 16.3. The second-order valence-corrected chi connectivity index (χ2v) is 5.91. The fourth-order valence-corrected chi connectivity index (χ4v) is 2.88. The van der Waals surface area contributed by atoms with Crippen LogP contribution in [0.4, 0.5) is 0 Å². The van der Waals surface area contributed by atoms with Gasteiger partial charge in [0.2, 0.25) is 5.91 Å². The van der Waals surface area contributed by atoms with Crippen LogP contribution in [0.15, 0.2) is 24.3 Å². The van der Waals surface area contributed by atoms with E-state index in [4.69, 9.17) is 0 Å². The maximum absolute atomic E-state index is 11.9. The summed E-state index contributed by atoms with van der Waals surface area (Å²) in [4.78, 5) is 11.9. The van der Waals surface area contributed by atoms with E-state index >= 15 is 0 Å². The first-order chi connectivity index (χ1) is 10.2. The SMILES string of the molecule is Cc1ccccc1C(O)CNC(=O)CCC1CCNCC1. The van der Waals surface area contributed by atoms with Crippen molar-refractivity contribution < 1.29 is 9.90 Å². The van der Waals surface area contributed by atoms with Crippen molar-refractivity contribution in [2.24, 2.45) is 5.92 Å². The van der Waals surface area contributed by atoms with Gasteiger partial charge in [0.05, 0.1) is 6.10 Å². The van der Waals surface area contributed by atoms with E-state index in [1.165, 1.54) is 12.8 Å². The monoisotopic (exact) mass is 290 g/mol. The van der Waals surface area contributed by atoms with E-state index in [-0.39, 0.29) is 12.5 Å². The highest BCUT2D eigenvalue weighted by Gasteiger charge is 2.15. The summed E-state index contributed by atoms with van der Waals surface area (Å²) in [6.45, 7) is 4.39. The number of piperidine rings is 1. The van der Waals surface area contributed by atoms with E-state index < -0.39 is 6.10 Å². The Hall–Kier alpha value is -1.39. The van der Waals surface area contributed by atoms with Crippen molar-refractivity contribution in [1.29, 1.82) is 0 Å². The van der Waals surface area contributed by atoms with E-state index in [9.17, 15) is 9.90 Å². The van der Waals surface area contributed by atoms with Crippen molar-refractivity contribution in [3.8, 4) is 0 Å². The Labute approximate surface area is 126 Å². The molecule has 1 aromatic rings. The standard InChI is InChI=1S/C17H26N2O2/c1-13-4-2-3-5-15(13)16(20)12-19-17(21)7-6-14-8-10-18-11-9-14/h2-5,14,16,18,20H,6-12H2,1H3,(H,19,21). The molecule has 0 aromatic heterocycles. The van der Waals surface area contributed by atoms with Crippen molar-refractivity contribution >= 4 is 5.91 Å². The minimum atomic E-state index is -0.631. The number of aryl methyl sites for hydroxylation is 1. The molecule has 1 aliphatic heterocycles. The summed E-state index contributed by atoms with van der Waals surface area (Å²) in [5, 5.41) is 16.3. The van der Waals surface area contributed by atoms with Crippen LogP contribution in [0.1, 0.15) is 42.9 Å². The van der Waals surface area contributed by atoms with Crippen LogP contribution < -0.4 is 10.6 Å². The summed E-state index contributed by atoms with van der Waals surface area (Å²) in [6.07, 6.45) is 3.21. The Kier molecular flexibility index (Phi) is 6.21. The number of benzene rings is 1. The Morgan fingerprint density at radius 2 is 2.10 bits per heavy atom. The molecule has 2 rings (SSSR count). The Morgan fingerprint density at radius 3 is 2.81 bits per heavy atom. The zero-order valence-electron chi connectivity index (χ0n) is 12.8. The minimum absolute atomic E-state index is 0.0427. The number of hydrogen-bond acceptors (Lipinski definition) is 3. The minimum Gasteiger partial charge on any atom is -0.387 e. The molecule has 0 spiro atoms. The second-order valence-electron chi connectivity index (χ2n) is 5.91. The number of carbonyl (C=O) groups excluding carboxylic acids is 1. The van der Waals surface area contributed by atoms with Gasteiger partial charge in [0.15, 0.2) is 0 Å². The largest absolute Gasteiger partial charge is 0.387 e. The molecule has 1 amide bonds. The first-order valence-electron chi connectivity index (χ1n) is 7.88. The number of aliphatic hydroxyl groups excluding tert-OH is 1. The van der Waals surface area contributed by atoms with Crippen LogP contribution in [0, 0.1) is 12.8 Å². The predicted molar refractivity (Wildman–Crippen MR) is 84.0 cm³/mol. The molecule has 0 radical (unpaired) electrons. The summed E-state index contributed by atoms with van der Waals surface area (Å²) < 4.78 is 0. The lowest BCUT2D eigenvalue weighted by atomic mass is 9.93. The third-order valence-corrected chi connectivity index (χ3v) is 4.28. The van der Waals surface area contributed by atoms with E-state index in [1.807, 2.05) is 31.2 Å². The lowest BCUT2D eigenvalue weighted by molar-refractivity contribution is -0.121. The van der Waals surface area contributed by atoms with E-state index in [0.29, 0.717) is 12.3 Å². The number of rotatable bonds is 6. The molecule has 116 valence electrons. The van der Waals surface area contributed by atoms with Crippen LogP contribution in [0.2, 0.25) is 0 Å². The fourth-order valence-electron chi connectivity index (χ4n) is 2.88. The summed E-state index contributed by atoms with van der Waals surface area (Å²) in [5.41, 5.74) is 1.94. The molecule has 3 N–H and O–H groups in total. The first kappa shape index (κ1) is 16.0. The summed E-state index contributed by atoms with van der Waals surface area (Å²) >= 11 is 0. The Balaban J connectivity index is 1.69. The number of hydrogen-bond donors (Lipinski definition) is 3. The van der Waals surface area contributed by atoms with Crippen molar-refractivity contribution in [1.82, 2.24) is 10.6 Å². The van der Waals surface area contributed by atoms with Gasteiger partial charge in [-0.25, -0.2) is 0 Å². The number of aliphatic hydroxyl groups is 1. The first-order valence-corrected chi connectivity index (χ1v) is 7.88. The van der Waals surface area contributed by atoms with Crippen molar-refractivity contribution in [2.45, 2.75) is 38.7 Å². The molecule has 1 saturated heterocycles. The fraction of sp³-hybridized carbons (Fsp3) is 0.588. The average Bonchev–Trinajstić information content (AvgIpc) is 2.52. The Bertz CT molecular complexity index is 456. The quantitative estimate of drug-likeness (QED) is 0.750. The van der Waals surface area contributed by atoms with Crippen LogP contribution in [-0.4, -0.2) is 30.6 Å². The van der Waals surface area contributed by atoms with Crippen LogP contribution in [0.25, 0.3) is 0 Å². The average molecular weight is 290 g/mol. The van der Waals surface area contributed by atoms with Crippen LogP contribution in [0.3, 0.4) is 0 Å². The zero-order valence-corrected chi connectivity index (χ0v) is 12.8. The number of amides is 1. The predicted octanol–water partition coefficient (Wildman–Crippen LogP) is 1.92. The maximum Gasteiger partial charge on any atom is 0.220 e. The molecule has 21 heavy (non-hydrogen) atoms. The van der Waals surface area contributed by atoms with Gasteiger partial charge in [-0.1, -0.05) is 24.3 Å². The third-order valence-electron chi connectivity index (χ3n) is 4.28. The van der Waals surface area contributed by atoms with Gasteiger partial charge in [0.1, 0.15) is 0 Å². The smallest absolute Gasteiger partial charge is 0.220 e. The van der Waals surface area contributed by atoms with Crippen molar-refractivity contribution in [3.63, 3.8) is 0 Å². The molecular weight excluding hydrogens is 264 g/mol. The molecule has 0 aliphatic carbocycles. The van der Waals surface area contributed by atoms with Gasteiger partial charge in [0, 0.05) is 13.0 Å². The lowest BCUT2D eigenvalue weighted by Gasteiger charge is -2.22. The van der Waals surface area contributed by atoms with E-state index in [0.717, 1.165) is 30.6 Å². The molecule has 1 unspecified atom stereocenters. The summed E-state index contributed by atoms with van der Waals surface area (Å²) in [6, 6.07) is 7.73. The number of carbonyl (C=O) groups is 1. The van der Waals surface area contributed by atoms with Crippen LogP contribution in [-0.2, 0) is 4.79 Å². The second kappa shape index (κ2) is 8.15. The molecule has 0 bridgehead atoms. The molecule has 1 atom stereocenters. The van der Waals surface area contributed by atoms with Gasteiger partial charge in [-0.3, -0.25) is 4.79 Å². The topological polar surface area (TPSA) is 61.4 Å². The van der Waals surface area contributed by atoms with Crippen LogP contribution >= 0.6 is 0 Å². The molecule has 1 heterocycles. The molecule has 0 saturated carbocycles. The van der Waals surface area contributed by atoms with Gasteiger partial charge in [-0.2, -0.15) is 0 Å². The van der Waals surface area contributed by atoms with E-state index in [2.05, 4.69) is 10.6 Å². The normalized spacial score (nSPS) is 17.4. The van der Waals surface area contributed by atoms with Crippen LogP contribution in [0.5, 0.6) is 0 Å². The highest BCUT2D eigenvalue weighted by molar-refractivity contribution is 5.75. The zero-order chi connectivity index (χ0) is 15.1. The summed E-state index contributed by atoms with van der Waals surface area (Å²) in [7, 11) is 0. The molecule has 4 heteroatoms. The molecule has 1 fully saturated rings. The van der Waals surface area contributed by atoms with E-state index in [1.54, 1.807) is 0 Å². The molecule has 1 aromatic carbocycles. The third kappa shape index (κ3) is 5.14. The van der Waals surface area contributed by atoms with Crippen molar-refractivity contribution in [2.75, 3.05) is 19.6 Å². The van der Waals surface area contributed by atoms with Gasteiger partial charge >= 0.3 is 0 Å². The summed E-state index contributed by atoms with van der Waals surface area (Å²) in [5.74, 6) is 0.708. The lowest BCUT2D eigenvalue weighted by Crippen LogP contribution is -2.31. The molecule has 4 nitrogen and oxygen atoms in total. The van der Waals surface area contributed by atoms with Gasteiger partial charge in [-0.05, 0) is 56.3 Å². The molecule has 1 aliphatic rings. The van der Waals surface area contributed by atoms with Gasteiger partial charge in [0.25, 0.3) is 0 Å². The van der Waals surface area contributed by atoms with Gasteiger partial charge in [-0.15, -0.1) is 0 Å². The Morgan fingerprint density at radius 1 is 1.38 bits per heavy atom.